The Morgan fingerprint density at radius 3 is 2.72 bits per heavy atom. The average Bonchev–Trinajstić information content (AvgIpc) is 3.02. The summed E-state index contributed by atoms with van der Waals surface area (Å²) >= 11 is 0. The number of amides is 3. The van der Waals surface area contributed by atoms with Crippen LogP contribution < -0.4 is 10.6 Å². The van der Waals surface area contributed by atoms with Gasteiger partial charge in [-0.05, 0) is 31.9 Å². The summed E-state index contributed by atoms with van der Waals surface area (Å²) in [5.41, 5.74) is 1.82. The summed E-state index contributed by atoms with van der Waals surface area (Å²) in [4.78, 5) is 26.1. The molecular weight excluding hydrogens is 318 g/mol. The Morgan fingerprint density at radius 1 is 1.24 bits per heavy atom. The summed E-state index contributed by atoms with van der Waals surface area (Å²) in [5, 5.41) is 10.00. The number of carbonyl (C=O) groups excluding carboxylic acids is 2. The number of anilines is 1. The molecule has 1 aromatic carbocycles. The molecule has 0 aliphatic carbocycles. The zero-order valence-corrected chi connectivity index (χ0v) is 14.5. The molecule has 1 atom stereocenters. The van der Waals surface area contributed by atoms with Crippen LogP contribution in [0.1, 0.15) is 18.4 Å². The van der Waals surface area contributed by atoms with E-state index in [1.807, 2.05) is 43.5 Å². The number of carbonyl (C=O) groups is 2. The molecule has 25 heavy (non-hydrogen) atoms. The van der Waals surface area contributed by atoms with Gasteiger partial charge in [0.05, 0.1) is 11.6 Å². The van der Waals surface area contributed by atoms with E-state index in [1.54, 1.807) is 16.6 Å². The molecule has 0 radical (unpaired) electrons. The van der Waals surface area contributed by atoms with E-state index in [9.17, 15) is 9.59 Å². The third kappa shape index (κ3) is 3.81. The first kappa shape index (κ1) is 17.0. The molecule has 2 N–H and O–H groups in total. The maximum absolute atomic E-state index is 12.6. The Hall–Kier alpha value is -2.83. The van der Waals surface area contributed by atoms with Crippen molar-refractivity contribution < 1.29 is 9.59 Å². The first-order valence-corrected chi connectivity index (χ1v) is 8.47. The second-order valence-corrected chi connectivity index (χ2v) is 6.27. The van der Waals surface area contributed by atoms with Gasteiger partial charge in [0, 0.05) is 31.9 Å². The molecule has 7 heteroatoms. The molecule has 3 amide bonds. The molecule has 1 aliphatic rings. The SMILES string of the molecule is CNC(=O)[C@@H]1CCCN(C(=O)Nc2nn(-c3ccccc3)cc2C)C1. The Labute approximate surface area is 147 Å². The lowest BCUT2D eigenvalue weighted by molar-refractivity contribution is -0.125. The average molecular weight is 341 g/mol. The van der Waals surface area contributed by atoms with Crippen molar-refractivity contribution >= 4 is 17.8 Å². The first-order valence-electron chi connectivity index (χ1n) is 8.47. The van der Waals surface area contributed by atoms with Gasteiger partial charge in [-0.3, -0.25) is 10.1 Å². The van der Waals surface area contributed by atoms with Crippen LogP contribution in [0.15, 0.2) is 36.5 Å². The number of likely N-dealkylation sites (tertiary alicyclic amines) is 1. The highest BCUT2D eigenvalue weighted by Gasteiger charge is 2.28. The number of piperidine rings is 1. The van der Waals surface area contributed by atoms with Gasteiger partial charge in [-0.15, -0.1) is 5.10 Å². The van der Waals surface area contributed by atoms with Crippen LogP contribution in [0, 0.1) is 12.8 Å². The predicted molar refractivity (Wildman–Crippen MR) is 95.7 cm³/mol. The van der Waals surface area contributed by atoms with Gasteiger partial charge >= 0.3 is 6.03 Å². The lowest BCUT2D eigenvalue weighted by atomic mass is 9.97. The lowest BCUT2D eigenvalue weighted by Crippen LogP contribution is -2.46. The van der Waals surface area contributed by atoms with Crippen molar-refractivity contribution in [3.8, 4) is 5.69 Å². The van der Waals surface area contributed by atoms with E-state index in [4.69, 9.17) is 0 Å². The fraction of sp³-hybridized carbons (Fsp3) is 0.389. The summed E-state index contributed by atoms with van der Waals surface area (Å²) in [5.74, 6) is 0.380. The number of aromatic nitrogens is 2. The monoisotopic (exact) mass is 341 g/mol. The van der Waals surface area contributed by atoms with Crippen LogP contribution in [0.25, 0.3) is 5.69 Å². The van der Waals surface area contributed by atoms with Gasteiger partial charge in [0.25, 0.3) is 0 Å². The molecule has 0 bridgehead atoms. The van der Waals surface area contributed by atoms with E-state index < -0.39 is 0 Å². The number of aryl methyl sites for hydroxylation is 1. The maximum Gasteiger partial charge on any atom is 0.323 e. The van der Waals surface area contributed by atoms with Crippen molar-refractivity contribution in [2.75, 3.05) is 25.5 Å². The van der Waals surface area contributed by atoms with Crippen LogP contribution >= 0.6 is 0 Å². The summed E-state index contributed by atoms with van der Waals surface area (Å²) in [7, 11) is 1.63. The molecule has 1 saturated heterocycles. The zero-order valence-electron chi connectivity index (χ0n) is 14.5. The van der Waals surface area contributed by atoms with Gasteiger partial charge in [0.1, 0.15) is 0 Å². The predicted octanol–water partition coefficient (Wildman–Crippen LogP) is 2.17. The minimum absolute atomic E-state index is 0.0120. The Morgan fingerprint density at radius 2 is 2.00 bits per heavy atom. The van der Waals surface area contributed by atoms with E-state index in [0.717, 1.165) is 24.1 Å². The van der Waals surface area contributed by atoms with E-state index in [2.05, 4.69) is 15.7 Å². The van der Waals surface area contributed by atoms with Gasteiger partial charge in [-0.2, -0.15) is 0 Å². The van der Waals surface area contributed by atoms with Crippen LogP contribution in [0.2, 0.25) is 0 Å². The highest BCUT2D eigenvalue weighted by Crippen LogP contribution is 2.20. The van der Waals surface area contributed by atoms with Crippen molar-refractivity contribution in [1.29, 1.82) is 0 Å². The van der Waals surface area contributed by atoms with Crippen molar-refractivity contribution in [2.45, 2.75) is 19.8 Å². The number of rotatable bonds is 3. The summed E-state index contributed by atoms with van der Waals surface area (Å²) < 4.78 is 1.74. The van der Waals surface area contributed by atoms with Crippen molar-refractivity contribution in [3.05, 3.63) is 42.1 Å². The van der Waals surface area contributed by atoms with Crippen molar-refractivity contribution in [3.63, 3.8) is 0 Å². The third-order valence-electron chi connectivity index (χ3n) is 4.47. The minimum Gasteiger partial charge on any atom is -0.359 e. The van der Waals surface area contributed by atoms with Crippen LogP contribution in [-0.4, -0.2) is 46.8 Å². The number of urea groups is 1. The highest BCUT2D eigenvalue weighted by atomic mass is 16.2. The molecule has 132 valence electrons. The van der Waals surface area contributed by atoms with Crippen LogP contribution in [-0.2, 0) is 4.79 Å². The Balaban J connectivity index is 1.69. The van der Waals surface area contributed by atoms with Crippen LogP contribution in [0.3, 0.4) is 0 Å². The number of hydrogen-bond donors (Lipinski definition) is 2. The Kier molecular flexibility index (Phi) is 5.02. The van der Waals surface area contributed by atoms with Gasteiger partial charge < -0.3 is 10.2 Å². The topological polar surface area (TPSA) is 79.3 Å². The van der Waals surface area contributed by atoms with Gasteiger partial charge in [-0.1, -0.05) is 18.2 Å². The summed E-state index contributed by atoms with van der Waals surface area (Å²) in [6.07, 6.45) is 3.52. The standard InChI is InChI=1S/C18H23N5O2/c1-13-11-23(15-8-4-3-5-9-15)21-16(13)20-18(25)22-10-6-7-14(12-22)17(24)19-2/h3-5,8-9,11,14H,6-7,10,12H2,1-2H3,(H,19,24)(H,20,21,25)/t14-/m1/s1. The Bertz CT molecular complexity index is 756. The molecule has 0 unspecified atom stereocenters. The zero-order chi connectivity index (χ0) is 17.8. The molecule has 2 aromatic rings. The molecular formula is C18H23N5O2. The molecule has 7 nitrogen and oxygen atoms in total. The highest BCUT2D eigenvalue weighted by molar-refractivity contribution is 5.89. The smallest absolute Gasteiger partial charge is 0.323 e. The van der Waals surface area contributed by atoms with E-state index in [1.165, 1.54) is 0 Å². The number of para-hydroxylation sites is 1. The largest absolute Gasteiger partial charge is 0.359 e. The lowest BCUT2D eigenvalue weighted by Gasteiger charge is -2.31. The third-order valence-corrected chi connectivity index (χ3v) is 4.47. The van der Waals surface area contributed by atoms with Gasteiger partial charge in [0.15, 0.2) is 5.82 Å². The molecule has 1 aliphatic heterocycles. The summed E-state index contributed by atoms with van der Waals surface area (Å²) in [6.45, 7) is 2.99. The first-order chi connectivity index (χ1) is 12.1. The normalized spacial score (nSPS) is 17.2. The van der Waals surface area contributed by atoms with E-state index in [-0.39, 0.29) is 17.9 Å². The maximum atomic E-state index is 12.6. The fourth-order valence-corrected chi connectivity index (χ4v) is 3.06. The van der Waals surface area contributed by atoms with E-state index in [0.29, 0.717) is 18.9 Å². The number of hydrogen-bond acceptors (Lipinski definition) is 3. The van der Waals surface area contributed by atoms with Crippen molar-refractivity contribution in [2.24, 2.45) is 5.92 Å². The summed E-state index contributed by atoms with van der Waals surface area (Å²) in [6, 6.07) is 9.53. The molecule has 1 aromatic heterocycles. The number of benzene rings is 1. The van der Waals surface area contributed by atoms with Crippen LogP contribution in [0.4, 0.5) is 10.6 Å². The molecule has 0 saturated carbocycles. The van der Waals surface area contributed by atoms with E-state index >= 15 is 0 Å². The van der Waals surface area contributed by atoms with Crippen LogP contribution in [0.5, 0.6) is 0 Å². The molecule has 2 heterocycles. The molecule has 1 fully saturated rings. The molecule has 3 rings (SSSR count). The van der Waals surface area contributed by atoms with Gasteiger partial charge in [-0.25, -0.2) is 9.48 Å². The minimum atomic E-state index is -0.213. The second kappa shape index (κ2) is 7.38. The van der Waals surface area contributed by atoms with Crippen molar-refractivity contribution in [1.82, 2.24) is 20.0 Å². The second-order valence-electron chi connectivity index (χ2n) is 6.27. The van der Waals surface area contributed by atoms with Gasteiger partial charge in [0.2, 0.25) is 5.91 Å². The number of nitrogens with zero attached hydrogens (tertiary/aromatic N) is 3. The quantitative estimate of drug-likeness (QED) is 0.898. The molecule has 0 spiro atoms. The fourth-order valence-electron chi connectivity index (χ4n) is 3.06. The number of nitrogens with one attached hydrogen (secondary N) is 2.